The molecule has 1 aromatic carbocycles. The molecule has 1 aliphatic rings. The van der Waals surface area contributed by atoms with Gasteiger partial charge >= 0.3 is 0 Å². The van der Waals surface area contributed by atoms with E-state index in [0.29, 0.717) is 5.02 Å². The van der Waals surface area contributed by atoms with Crippen molar-refractivity contribution in [2.45, 2.75) is 19.3 Å². The maximum atomic E-state index is 6.20. The Morgan fingerprint density at radius 1 is 1.25 bits per heavy atom. The molecule has 0 radical (unpaired) electrons. The molecule has 16 heavy (non-hydrogen) atoms. The van der Waals surface area contributed by atoms with Crippen molar-refractivity contribution in [1.82, 2.24) is 5.32 Å². The van der Waals surface area contributed by atoms with Crippen molar-refractivity contribution in [3.05, 3.63) is 33.8 Å². The topological polar surface area (TPSA) is 12.0 Å². The van der Waals surface area contributed by atoms with Crippen LogP contribution in [-0.2, 0) is 6.42 Å². The number of rotatable bonds is 4. The van der Waals surface area contributed by atoms with Gasteiger partial charge in [-0.15, -0.1) is 0 Å². The van der Waals surface area contributed by atoms with E-state index in [4.69, 9.17) is 23.2 Å². The van der Waals surface area contributed by atoms with E-state index in [1.54, 1.807) is 0 Å². The third kappa shape index (κ3) is 2.53. The zero-order valence-corrected chi connectivity index (χ0v) is 11.0. The predicted octanol–water partition coefficient (Wildman–Crippen LogP) is 3.78. The average molecular weight is 258 g/mol. The summed E-state index contributed by atoms with van der Waals surface area (Å²) in [4.78, 5) is 0. The van der Waals surface area contributed by atoms with Crippen molar-refractivity contribution in [2.24, 2.45) is 11.8 Å². The summed E-state index contributed by atoms with van der Waals surface area (Å²) in [5.74, 6) is 1.57. The lowest BCUT2D eigenvalue weighted by Crippen LogP contribution is -2.35. The Labute approximate surface area is 107 Å². The van der Waals surface area contributed by atoms with Crippen molar-refractivity contribution >= 4 is 23.2 Å². The molecule has 0 heterocycles. The van der Waals surface area contributed by atoms with E-state index in [1.807, 2.05) is 19.2 Å². The zero-order valence-electron chi connectivity index (χ0n) is 9.47. The number of nitrogens with one attached hydrogen (secondary N) is 1. The van der Waals surface area contributed by atoms with E-state index in [0.717, 1.165) is 29.8 Å². The Morgan fingerprint density at radius 3 is 2.62 bits per heavy atom. The third-order valence-electron chi connectivity index (χ3n) is 3.55. The highest BCUT2D eigenvalue weighted by Crippen LogP contribution is 2.38. The second kappa shape index (κ2) is 5.39. The molecule has 2 atom stereocenters. The largest absolute Gasteiger partial charge is 0.319 e. The van der Waals surface area contributed by atoms with Crippen LogP contribution in [0.4, 0.5) is 0 Å². The average Bonchev–Trinajstić information content (AvgIpc) is 2.26. The molecule has 1 fully saturated rings. The molecule has 1 aromatic rings. The lowest BCUT2D eigenvalue weighted by atomic mass is 9.71. The van der Waals surface area contributed by atoms with Crippen LogP contribution < -0.4 is 5.32 Å². The zero-order chi connectivity index (χ0) is 11.5. The van der Waals surface area contributed by atoms with Gasteiger partial charge in [-0.25, -0.2) is 0 Å². The molecule has 2 unspecified atom stereocenters. The van der Waals surface area contributed by atoms with Crippen molar-refractivity contribution in [3.8, 4) is 0 Å². The van der Waals surface area contributed by atoms with Gasteiger partial charge in [0.2, 0.25) is 0 Å². The lowest BCUT2D eigenvalue weighted by molar-refractivity contribution is 0.174. The van der Waals surface area contributed by atoms with Crippen LogP contribution in [0.25, 0.3) is 0 Å². The van der Waals surface area contributed by atoms with Gasteiger partial charge in [0.15, 0.2) is 0 Å². The quantitative estimate of drug-likeness (QED) is 0.866. The normalized spacial score (nSPS) is 24.2. The fraction of sp³-hybridized carbons (Fsp3) is 0.538. The Balaban J connectivity index is 2.01. The summed E-state index contributed by atoms with van der Waals surface area (Å²) in [5, 5.41) is 4.66. The van der Waals surface area contributed by atoms with Crippen LogP contribution in [0.5, 0.6) is 0 Å². The molecule has 2 rings (SSSR count). The van der Waals surface area contributed by atoms with E-state index in [-0.39, 0.29) is 0 Å². The highest BCUT2D eigenvalue weighted by atomic mass is 35.5. The molecule has 0 aliphatic heterocycles. The summed E-state index contributed by atoms with van der Waals surface area (Å²) < 4.78 is 0. The maximum Gasteiger partial charge on any atom is 0.0624 e. The second-order valence-corrected chi connectivity index (χ2v) is 5.36. The molecule has 88 valence electrons. The number of hydrogen-bond acceptors (Lipinski definition) is 1. The minimum atomic E-state index is 0.670. The smallest absolute Gasteiger partial charge is 0.0624 e. The first-order valence-electron chi connectivity index (χ1n) is 5.80. The van der Waals surface area contributed by atoms with Crippen molar-refractivity contribution in [2.75, 3.05) is 13.6 Å². The molecule has 0 saturated heterocycles. The SMILES string of the molecule is CNCC1CCC1Cc1cccc(Cl)c1Cl. The number of halogens is 2. The van der Waals surface area contributed by atoms with E-state index >= 15 is 0 Å². The van der Waals surface area contributed by atoms with Crippen LogP contribution in [0.2, 0.25) is 10.0 Å². The monoisotopic (exact) mass is 257 g/mol. The lowest BCUT2D eigenvalue weighted by Gasteiger charge is -2.37. The minimum absolute atomic E-state index is 0.670. The van der Waals surface area contributed by atoms with E-state index in [2.05, 4.69) is 11.4 Å². The van der Waals surface area contributed by atoms with E-state index < -0.39 is 0 Å². The van der Waals surface area contributed by atoms with Crippen LogP contribution in [0.3, 0.4) is 0 Å². The molecule has 0 amide bonds. The summed E-state index contributed by atoms with van der Waals surface area (Å²) in [7, 11) is 2.02. The fourth-order valence-corrected chi connectivity index (χ4v) is 2.82. The second-order valence-electron chi connectivity index (χ2n) is 4.57. The van der Waals surface area contributed by atoms with Crippen molar-refractivity contribution in [3.63, 3.8) is 0 Å². The summed E-state index contributed by atoms with van der Waals surface area (Å²) in [5.41, 5.74) is 1.19. The molecule has 1 nitrogen and oxygen atoms in total. The standard InChI is InChI=1S/C13H17Cl2N/c1-16-8-11-6-5-9(11)7-10-3-2-4-12(14)13(10)15/h2-4,9,11,16H,5-8H2,1H3. The van der Waals surface area contributed by atoms with Gasteiger partial charge in [0.1, 0.15) is 0 Å². The highest BCUT2D eigenvalue weighted by molar-refractivity contribution is 6.42. The maximum absolute atomic E-state index is 6.20. The van der Waals surface area contributed by atoms with Gasteiger partial charge in [0.25, 0.3) is 0 Å². The fourth-order valence-electron chi connectivity index (χ4n) is 2.43. The number of benzene rings is 1. The summed E-state index contributed by atoms with van der Waals surface area (Å²) in [6.07, 6.45) is 3.71. The van der Waals surface area contributed by atoms with Gasteiger partial charge in [-0.05, 0) is 56.3 Å². The van der Waals surface area contributed by atoms with Gasteiger partial charge < -0.3 is 5.32 Å². The van der Waals surface area contributed by atoms with Crippen molar-refractivity contribution in [1.29, 1.82) is 0 Å². The van der Waals surface area contributed by atoms with Gasteiger partial charge in [0.05, 0.1) is 10.0 Å². The van der Waals surface area contributed by atoms with Gasteiger partial charge in [0, 0.05) is 0 Å². The summed E-state index contributed by atoms with van der Waals surface area (Å²) in [6, 6.07) is 5.91. The first-order valence-corrected chi connectivity index (χ1v) is 6.55. The molecular weight excluding hydrogens is 241 g/mol. The Morgan fingerprint density at radius 2 is 2.00 bits per heavy atom. The Kier molecular flexibility index (Phi) is 4.12. The van der Waals surface area contributed by atoms with Crippen LogP contribution in [0.15, 0.2) is 18.2 Å². The van der Waals surface area contributed by atoms with E-state index in [9.17, 15) is 0 Å². The first kappa shape index (κ1) is 12.2. The highest BCUT2D eigenvalue weighted by Gasteiger charge is 2.30. The summed E-state index contributed by atoms with van der Waals surface area (Å²) >= 11 is 12.2. The molecule has 1 N–H and O–H groups in total. The van der Waals surface area contributed by atoms with Crippen molar-refractivity contribution < 1.29 is 0 Å². The number of hydrogen-bond donors (Lipinski definition) is 1. The predicted molar refractivity (Wildman–Crippen MR) is 70.3 cm³/mol. The molecule has 0 aromatic heterocycles. The van der Waals surface area contributed by atoms with Crippen LogP contribution in [-0.4, -0.2) is 13.6 Å². The Bertz CT molecular complexity index is 365. The van der Waals surface area contributed by atoms with Gasteiger partial charge in [-0.3, -0.25) is 0 Å². The molecule has 0 bridgehead atoms. The first-order chi connectivity index (χ1) is 7.72. The summed E-state index contributed by atoms with van der Waals surface area (Å²) in [6.45, 7) is 1.11. The molecular formula is C13H17Cl2N. The molecule has 1 saturated carbocycles. The van der Waals surface area contributed by atoms with Crippen LogP contribution in [0, 0.1) is 11.8 Å². The molecule has 1 aliphatic carbocycles. The third-order valence-corrected chi connectivity index (χ3v) is 4.41. The van der Waals surface area contributed by atoms with Crippen LogP contribution in [0.1, 0.15) is 18.4 Å². The van der Waals surface area contributed by atoms with Crippen LogP contribution >= 0.6 is 23.2 Å². The van der Waals surface area contributed by atoms with Gasteiger partial charge in [-0.1, -0.05) is 35.3 Å². The van der Waals surface area contributed by atoms with Gasteiger partial charge in [-0.2, -0.15) is 0 Å². The molecule has 0 spiro atoms. The van der Waals surface area contributed by atoms with E-state index in [1.165, 1.54) is 18.4 Å². The molecule has 3 heteroatoms. The minimum Gasteiger partial charge on any atom is -0.319 e. The Hall–Kier alpha value is -0.240.